The highest BCUT2D eigenvalue weighted by molar-refractivity contribution is 8.13. The number of nitrogens with one attached hydrogen (secondary N) is 1. The van der Waals surface area contributed by atoms with Crippen molar-refractivity contribution in [3.05, 3.63) is 0 Å². The summed E-state index contributed by atoms with van der Waals surface area (Å²) in [5.41, 5.74) is 0. The van der Waals surface area contributed by atoms with Gasteiger partial charge in [0.1, 0.15) is 0 Å². The maximum absolute atomic E-state index is 11.0. The zero-order valence-corrected chi connectivity index (χ0v) is 13.5. The van der Waals surface area contributed by atoms with Crippen molar-refractivity contribution >= 4 is 23.0 Å². The van der Waals surface area contributed by atoms with Crippen molar-refractivity contribution in [2.75, 3.05) is 19.8 Å². The molecule has 0 radical (unpaired) electrons. The number of amidine groups is 1. The van der Waals surface area contributed by atoms with E-state index in [1.807, 2.05) is 12.4 Å². The minimum absolute atomic E-state index is 0.0995. The molecule has 0 bridgehead atoms. The molecule has 1 fully saturated rings. The zero-order chi connectivity index (χ0) is 15.7. The van der Waals surface area contributed by atoms with Crippen LogP contribution in [0.5, 0.6) is 0 Å². The number of hydrogen-bond donors (Lipinski definition) is 2. The predicted octanol–water partition coefficient (Wildman–Crippen LogP) is 2.72. The van der Waals surface area contributed by atoms with E-state index in [2.05, 4.69) is 10.3 Å². The van der Waals surface area contributed by atoms with Crippen molar-refractivity contribution in [3.8, 4) is 6.19 Å². The van der Waals surface area contributed by atoms with E-state index in [4.69, 9.17) is 10.4 Å². The first-order valence-electron chi connectivity index (χ1n) is 7.27. The zero-order valence-electron chi connectivity index (χ0n) is 12.7. The topological polar surface area (TPSA) is 88.7 Å². The summed E-state index contributed by atoms with van der Waals surface area (Å²) in [5, 5.41) is 20.9. The van der Waals surface area contributed by atoms with E-state index in [9.17, 15) is 4.79 Å². The molecule has 0 aromatic heterocycles. The maximum Gasteiger partial charge on any atom is 0.407 e. The van der Waals surface area contributed by atoms with E-state index >= 15 is 0 Å². The van der Waals surface area contributed by atoms with Crippen LogP contribution in [-0.4, -0.2) is 47.2 Å². The van der Waals surface area contributed by atoms with Crippen molar-refractivity contribution in [2.24, 2.45) is 10.9 Å². The van der Waals surface area contributed by atoms with E-state index in [0.29, 0.717) is 17.6 Å². The molecule has 21 heavy (non-hydrogen) atoms. The van der Waals surface area contributed by atoms with Gasteiger partial charge in [-0.15, -0.1) is 0 Å². The lowest BCUT2D eigenvalue weighted by Gasteiger charge is -2.26. The van der Waals surface area contributed by atoms with Crippen molar-refractivity contribution in [1.82, 2.24) is 10.2 Å². The molecular weight excluding hydrogens is 288 g/mol. The fraction of sp³-hybridized carbons (Fsp3) is 0.786. The van der Waals surface area contributed by atoms with Crippen molar-refractivity contribution in [3.63, 3.8) is 0 Å². The van der Waals surface area contributed by atoms with E-state index in [-0.39, 0.29) is 6.04 Å². The third-order valence-corrected chi connectivity index (χ3v) is 4.39. The van der Waals surface area contributed by atoms with Crippen molar-refractivity contribution in [1.29, 1.82) is 5.26 Å². The van der Waals surface area contributed by atoms with Crippen LogP contribution in [0.2, 0.25) is 0 Å². The van der Waals surface area contributed by atoms with Gasteiger partial charge in [0, 0.05) is 13.6 Å². The summed E-state index contributed by atoms with van der Waals surface area (Å²) in [4.78, 5) is 16.8. The molecule has 1 aliphatic carbocycles. The SMILES string of the molecule is CSC(=NC(CC1CCCCC1)CN(C)C(=O)O)NC#N. The summed E-state index contributed by atoms with van der Waals surface area (Å²) in [6, 6.07) is -0.0995. The van der Waals surface area contributed by atoms with Crippen LogP contribution in [0.4, 0.5) is 4.79 Å². The Kier molecular flexibility index (Phi) is 7.98. The third kappa shape index (κ3) is 6.71. The highest BCUT2D eigenvalue weighted by atomic mass is 32.2. The number of nitriles is 1. The normalized spacial score (nSPS) is 17.9. The third-order valence-electron chi connectivity index (χ3n) is 3.80. The van der Waals surface area contributed by atoms with Gasteiger partial charge in [-0.1, -0.05) is 43.9 Å². The monoisotopic (exact) mass is 312 g/mol. The lowest BCUT2D eigenvalue weighted by Crippen LogP contribution is -2.34. The minimum atomic E-state index is -0.946. The Morgan fingerprint density at radius 1 is 1.52 bits per heavy atom. The summed E-state index contributed by atoms with van der Waals surface area (Å²) >= 11 is 1.37. The Labute approximate surface area is 130 Å². The Hall–Kier alpha value is -1.42. The first kappa shape index (κ1) is 17.6. The second-order valence-electron chi connectivity index (χ2n) is 5.43. The number of rotatable bonds is 5. The molecule has 7 heteroatoms. The average Bonchev–Trinajstić information content (AvgIpc) is 2.47. The molecule has 6 nitrogen and oxygen atoms in total. The first-order valence-corrected chi connectivity index (χ1v) is 8.50. The van der Waals surface area contributed by atoms with Gasteiger partial charge in [-0.05, 0) is 18.6 Å². The smallest absolute Gasteiger partial charge is 0.407 e. The van der Waals surface area contributed by atoms with E-state index in [0.717, 1.165) is 6.42 Å². The number of carboxylic acid groups (broad SMARTS) is 1. The van der Waals surface area contributed by atoms with E-state index in [1.54, 1.807) is 7.05 Å². The van der Waals surface area contributed by atoms with Crippen LogP contribution in [0.1, 0.15) is 38.5 Å². The minimum Gasteiger partial charge on any atom is -0.465 e. The molecule has 0 aromatic rings. The largest absolute Gasteiger partial charge is 0.465 e. The standard InChI is InChI=1S/C14H24N4O2S/c1-18(14(19)20)9-12(17-13(21-2)16-10-15)8-11-6-4-3-5-7-11/h11-12H,3-9H2,1-2H3,(H,16,17)(H,19,20). The Morgan fingerprint density at radius 3 is 2.71 bits per heavy atom. The molecule has 1 rings (SSSR count). The number of thioether (sulfide) groups is 1. The molecule has 1 amide bonds. The summed E-state index contributed by atoms with van der Waals surface area (Å²) in [6.07, 6.45) is 9.85. The van der Waals surface area contributed by atoms with Gasteiger partial charge in [0.25, 0.3) is 0 Å². The average molecular weight is 312 g/mol. The molecule has 0 saturated heterocycles. The number of likely N-dealkylation sites (N-methyl/N-ethyl adjacent to an activating group) is 1. The molecule has 0 spiro atoms. The fourth-order valence-corrected chi connectivity index (χ4v) is 3.12. The second-order valence-corrected chi connectivity index (χ2v) is 6.23. The van der Waals surface area contributed by atoms with E-state index < -0.39 is 6.09 Å². The maximum atomic E-state index is 11.0. The summed E-state index contributed by atoms with van der Waals surface area (Å²) in [5.74, 6) is 0.611. The Bertz CT molecular complexity index is 402. The van der Waals surface area contributed by atoms with Crippen LogP contribution in [0, 0.1) is 17.4 Å². The van der Waals surface area contributed by atoms with Gasteiger partial charge in [0.05, 0.1) is 6.04 Å². The van der Waals surface area contributed by atoms with Crippen LogP contribution in [0.25, 0.3) is 0 Å². The Balaban J connectivity index is 2.72. The summed E-state index contributed by atoms with van der Waals surface area (Å²) in [6.45, 7) is 0.364. The molecule has 1 atom stereocenters. The van der Waals surface area contributed by atoms with Crippen LogP contribution >= 0.6 is 11.8 Å². The summed E-state index contributed by atoms with van der Waals surface area (Å²) < 4.78 is 0. The highest BCUT2D eigenvalue weighted by Gasteiger charge is 2.21. The summed E-state index contributed by atoms with van der Waals surface area (Å²) in [7, 11) is 1.56. The first-order chi connectivity index (χ1) is 10.1. The van der Waals surface area contributed by atoms with Crippen LogP contribution in [-0.2, 0) is 0 Å². The van der Waals surface area contributed by atoms with Gasteiger partial charge >= 0.3 is 6.09 Å². The van der Waals surface area contributed by atoms with Gasteiger partial charge < -0.3 is 10.0 Å². The number of carbonyl (C=O) groups is 1. The molecule has 1 saturated carbocycles. The van der Waals surface area contributed by atoms with Crippen molar-refractivity contribution in [2.45, 2.75) is 44.6 Å². The lowest BCUT2D eigenvalue weighted by atomic mass is 9.85. The van der Waals surface area contributed by atoms with E-state index in [1.165, 1.54) is 48.8 Å². The Morgan fingerprint density at radius 2 is 2.19 bits per heavy atom. The molecule has 0 aliphatic heterocycles. The fourth-order valence-electron chi connectivity index (χ4n) is 2.72. The van der Waals surface area contributed by atoms with Crippen LogP contribution < -0.4 is 5.32 Å². The number of aliphatic imine (C=N–C) groups is 1. The van der Waals surface area contributed by atoms with Gasteiger partial charge in [-0.2, -0.15) is 5.26 Å². The molecule has 1 aliphatic rings. The molecule has 118 valence electrons. The second kappa shape index (κ2) is 9.50. The van der Waals surface area contributed by atoms with Gasteiger partial charge in [0.2, 0.25) is 0 Å². The quantitative estimate of drug-likeness (QED) is 0.353. The van der Waals surface area contributed by atoms with Gasteiger partial charge in [-0.25, -0.2) is 4.79 Å². The predicted molar refractivity (Wildman–Crippen MR) is 85.3 cm³/mol. The van der Waals surface area contributed by atoms with Gasteiger partial charge in [-0.3, -0.25) is 10.3 Å². The molecular formula is C14H24N4O2S. The molecule has 1 unspecified atom stereocenters. The number of hydrogen-bond acceptors (Lipinski definition) is 4. The van der Waals surface area contributed by atoms with Crippen LogP contribution in [0.15, 0.2) is 4.99 Å². The number of amides is 1. The molecule has 2 N–H and O–H groups in total. The molecule has 0 aromatic carbocycles. The van der Waals surface area contributed by atoms with Crippen LogP contribution in [0.3, 0.4) is 0 Å². The lowest BCUT2D eigenvalue weighted by molar-refractivity contribution is 0.151. The molecule has 0 heterocycles. The number of nitrogens with zero attached hydrogens (tertiary/aromatic N) is 3. The highest BCUT2D eigenvalue weighted by Crippen LogP contribution is 2.28. The van der Waals surface area contributed by atoms with Gasteiger partial charge in [0.15, 0.2) is 11.4 Å². The van der Waals surface area contributed by atoms with Crippen molar-refractivity contribution < 1.29 is 9.90 Å².